The largest absolute Gasteiger partial charge is 0.487 e. The van der Waals surface area contributed by atoms with Gasteiger partial charge in [-0.15, -0.1) is 5.10 Å². The zero-order valence-electron chi connectivity index (χ0n) is 17.9. The Balaban J connectivity index is 1.23. The van der Waals surface area contributed by atoms with Gasteiger partial charge in [-0.1, -0.05) is 23.4 Å². The molecule has 0 amide bonds. The molecule has 7 nitrogen and oxygen atoms in total. The number of halogens is 1. The predicted molar refractivity (Wildman–Crippen MR) is 120 cm³/mol. The Hall–Kier alpha value is -4.25. The maximum absolute atomic E-state index is 13.9. The van der Waals surface area contributed by atoms with Crippen LogP contribution in [0.25, 0.3) is 12.2 Å². The van der Waals surface area contributed by atoms with E-state index in [4.69, 9.17) is 14.4 Å². The van der Waals surface area contributed by atoms with Crippen LogP contribution in [0, 0.1) is 17.1 Å². The lowest BCUT2D eigenvalue weighted by molar-refractivity contribution is 0.301. The SMILES string of the molecule is N#Cc1ccc(C=Cc2nc(COc3ccc(CCCCn4ccnn4)cc3)co2)c(F)c1. The summed E-state index contributed by atoms with van der Waals surface area (Å²) in [7, 11) is 0. The number of unbranched alkanes of at least 4 members (excludes halogenated alkanes) is 1. The lowest BCUT2D eigenvalue weighted by Gasteiger charge is -2.06. The number of nitrogens with zero attached hydrogens (tertiary/aromatic N) is 5. The van der Waals surface area contributed by atoms with Gasteiger partial charge in [0.15, 0.2) is 0 Å². The molecule has 2 heterocycles. The highest BCUT2D eigenvalue weighted by molar-refractivity contribution is 5.66. The van der Waals surface area contributed by atoms with E-state index in [2.05, 4.69) is 27.4 Å². The van der Waals surface area contributed by atoms with Crippen LogP contribution in [0.3, 0.4) is 0 Å². The number of aromatic nitrogens is 4. The number of benzene rings is 2. The van der Waals surface area contributed by atoms with Crippen LogP contribution in [0.1, 0.15) is 41.1 Å². The van der Waals surface area contributed by atoms with Crippen LogP contribution in [0.2, 0.25) is 0 Å². The maximum Gasteiger partial charge on any atom is 0.218 e. The minimum Gasteiger partial charge on any atom is -0.487 e. The van der Waals surface area contributed by atoms with E-state index < -0.39 is 5.82 Å². The Morgan fingerprint density at radius 3 is 2.76 bits per heavy atom. The van der Waals surface area contributed by atoms with Gasteiger partial charge in [0.2, 0.25) is 5.89 Å². The van der Waals surface area contributed by atoms with E-state index in [0.29, 0.717) is 17.1 Å². The van der Waals surface area contributed by atoms with Crippen LogP contribution in [-0.2, 0) is 19.6 Å². The van der Waals surface area contributed by atoms with E-state index in [0.717, 1.165) is 31.6 Å². The van der Waals surface area contributed by atoms with Gasteiger partial charge in [0, 0.05) is 24.4 Å². The van der Waals surface area contributed by atoms with Crippen molar-refractivity contribution in [1.82, 2.24) is 20.0 Å². The molecule has 0 saturated carbocycles. The number of oxazole rings is 1. The molecule has 0 unspecified atom stereocenters. The zero-order valence-corrected chi connectivity index (χ0v) is 17.9. The van der Waals surface area contributed by atoms with Gasteiger partial charge in [-0.2, -0.15) is 5.26 Å². The Morgan fingerprint density at radius 2 is 2.00 bits per heavy atom. The smallest absolute Gasteiger partial charge is 0.218 e. The summed E-state index contributed by atoms with van der Waals surface area (Å²) in [6, 6.07) is 14.2. The minimum atomic E-state index is -0.473. The third-order valence-electron chi connectivity index (χ3n) is 4.99. The maximum atomic E-state index is 13.9. The van der Waals surface area contributed by atoms with Crippen LogP contribution in [0.5, 0.6) is 5.75 Å². The number of ether oxygens (including phenoxy) is 1. The van der Waals surface area contributed by atoms with Crippen LogP contribution in [0.4, 0.5) is 4.39 Å². The molecule has 0 atom stereocenters. The molecule has 2 aromatic carbocycles. The Kier molecular flexibility index (Phi) is 7.23. The zero-order chi connectivity index (χ0) is 22.9. The molecule has 0 spiro atoms. The molecule has 33 heavy (non-hydrogen) atoms. The van der Waals surface area contributed by atoms with Crippen molar-refractivity contribution in [1.29, 1.82) is 5.26 Å². The second-order valence-corrected chi connectivity index (χ2v) is 7.41. The summed E-state index contributed by atoms with van der Waals surface area (Å²) in [5, 5.41) is 16.6. The topological polar surface area (TPSA) is 89.8 Å². The molecule has 0 N–H and O–H groups in total. The molecule has 166 valence electrons. The molecule has 0 aliphatic rings. The van der Waals surface area contributed by atoms with Crippen LogP contribution >= 0.6 is 0 Å². The van der Waals surface area contributed by atoms with Crippen molar-refractivity contribution in [2.45, 2.75) is 32.4 Å². The van der Waals surface area contributed by atoms with Gasteiger partial charge in [0.1, 0.15) is 30.1 Å². The van der Waals surface area contributed by atoms with Gasteiger partial charge in [-0.25, -0.2) is 9.37 Å². The van der Waals surface area contributed by atoms with Gasteiger partial charge in [-0.3, -0.25) is 4.68 Å². The van der Waals surface area contributed by atoms with Crippen molar-refractivity contribution < 1.29 is 13.5 Å². The highest BCUT2D eigenvalue weighted by Crippen LogP contribution is 2.17. The summed E-state index contributed by atoms with van der Waals surface area (Å²) in [4.78, 5) is 4.33. The summed E-state index contributed by atoms with van der Waals surface area (Å²) in [5.41, 5.74) is 2.51. The fourth-order valence-corrected chi connectivity index (χ4v) is 3.22. The number of aryl methyl sites for hydroxylation is 2. The molecule has 8 heteroatoms. The quantitative estimate of drug-likeness (QED) is 0.319. The molecule has 0 radical (unpaired) electrons. The standard InChI is InChI=1S/C25H22FN5O2/c26-24-15-20(16-27)4-7-21(24)8-11-25-29-22(18-33-25)17-32-23-9-5-19(6-10-23)3-1-2-13-31-14-12-28-30-31/h4-12,14-15,18H,1-3,13,17H2. The van der Waals surface area contributed by atoms with Gasteiger partial charge in [0.25, 0.3) is 0 Å². The molecule has 4 aromatic rings. The first-order valence-corrected chi connectivity index (χ1v) is 10.6. The minimum absolute atomic E-state index is 0.264. The van der Waals surface area contributed by atoms with E-state index in [9.17, 15) is 4.39 Å². The second kappa shape index (κ2) is 10.9. The van der Waals surface area contributed by atoms with E-state index in [-0.39, 0.29) is 12.2 Å². The number of hydrogen-bond donors (Lipinski definition) is 0. The lowest BCUT2D eigenvalue weighted by atomic mass is 10.1. The van der Waals surface area contributed by atoms with Gasteiger partial charge in [0.05, 0.1) is 17.8 Å². The van der Waals surface area contributed by atoms with E-state index in [1.807, 2.05) is 29.1 Å². The van der Waals surface area contributed by atoms with Crippen molar-refractivity contribution in [3.05, 3.63) is 95.2 Å². The molecule has 0 fully saturated rings. The third kappa shape index (κ3) is 6.37. The highest BCUT2D eigenvalue weighted by atomic mass is 19.1. The monoisotopic (exact) mass is 443 g/mol. The normalized spacial score (nSPS) is 11.0. The van der Waals surface area contributed by atoms with E-state index >= 15 is 0 Å². The van der Waals surface area contributed by atoms with Crippen molar-refractivity contribution >= 4 is 12.2 Å². The molecule has 0 aliphatic carbocycles. The van der Waals surface area contributed by atoms with Crippen LogP contribution in [0.15, 0.2) is 65.5 Å². The first-order valence-electron chi connectivity index (χ1n) is 10.6. The second-order valence-electron chi connectivity index (χ2n) is 7.41. The van der Waals surface area contributed by atoms with Gasteiger partial charge in [-0.05, 0) is 55.2 Å². The molecule has 4 rings (SSSR count). The van der Waals surface area contributed by atoms with Crippen molar-refractivity contribution in [3.8, 4) is 11.8 Å². The molecule has 0 aliphatic heterocycles. The first-order chi connectivity index (χ1) is 16.2. The molecule has 2 aromatic heterocycles. The van der Waals surface area contributed by atoms with Crippen molar-refractivity contribution in [2.75, 3.05) is 0 Å². The summed E-state index contributed by atoms with van der Waals surface area (Å²) < 4.78 is 27.0. The predicted octanol–water partition coefficient (Wildman–Crippen LogP) is 5.05. The first kappa shape index (κ1) is 22.0. The van der Waals surface area contributed by atoms with E-state index in [1.54, 1.807) is 24.4 Å². The molecular weight excluding hydrogens is 421 g/mol. The summed E-state index contributed by atoms with van der Waals surface area (Å²) in [5.74, 6) is 0.624. The summed E-state index contributed by atoms with van der Waals surface area (Å²) >= 11 is 0. The Labute approximate surface area is 190 Å². The average molecular weight is 443 g/mol. The fourth-order valence-electron chi connectivity index (χ4n) is 3.22. The fraction of sp³-hybridized carbons (Fsp3) is 0.200. The van der Waals surface area contributed by atoms with Crippen molar-refractivity contribution in [2.24, 2.45) is 0 Å². The van der Waals surface area contributed by atoms with Crippen LogP contribution in [-0.4, -0.2) is 20.0 Å². The Bertz CT molecular complexity index is 1240. The summed E-state index contributed by atoms with van der Waals surface area (Å²) in [6.07, 6.45) is 11.3. The molecule has 0 bridgehead atoms. The molecular formula is C25H22FN5O2. The Morgan fingerprint density at radius 1 is 1.12 bits per heavy atom. The summed E-state index contributed by atoms with van der Waals surface area (Å²) in [6.45, 7) is 1.14. The van der Waals surface area contributed by atoms with E-state index in [1.165, 1.54) is 24.0 Å². The number of nitriles is 1. The lowest BCUT2D eigenvalue weighted by Crippen LogP contribution is -1.99. The average Bonchev–Trinajstić information content (AvgIpc) is 3.52. The van der Waals surface area contributed by atoms with Crippen LogP contribution < -0.4 is 4.74 Å². The molecule has 0 saturated heterocycles. The number of rotatable bonds is 10. The third-order valence-corrected chi connectivity index (χ3v) is 4.99. The number of hydrogen-bond acceptors (Lipinski definition) is 6. The van der Waals surface area contributed by atoms with Gasteiger partial charge < -0.3 is 9.15 Å². The van der Waals surface area contributed by atoms with Crippen molar-refractivity contribution in [3.63, 3.8) is 0 Å². The van der Waals surface area contributed by atoms with Gasteiger partial charge >= 0.3 is 0 Å². The highest BCUT2D eigenvalue weighted by Gasteiger charge is 2.05.